The van der Waals surface area contributed by atoms with Crippen LogP contribution in [0.4, 0.5) is 4.79 Å². The van der Waals surface area contributed by atoms with E-state index in [-0.39, 0.29) is 75.9 Å². The summed E-state index contributed by atoms with van der Waals surface area (Å²) in [6, 6.07) is 21.1. The van der Waals surface area contributed by atoms with Crippen molar-refractivity contribution in [3.63, 3.8) is 0 Å². The lowest BCUT2D eigenvalue weighted by Crippen LogP contribution is -2.07. The van der Waals surface area contributed by atoms with Crippen LogP contribution in [0.1, 0.15) is 47.9 Å². The molecule has 1 aliphatic rings. The van der Waals surface area contributed by atoms with E-state index in [1.54, 1.807) is 24.3 Å². The van der Waals surface area contributed by atoms with Gasteiger partial charge in [0.25, 0.3) is 0 Å². The van der Waals surface area contributed by atoms with Gasteiger partial charge in [0, 0.05) is 0 Å². The minimum atomic E-state index is -0.546. The molecule has 1 saturated heterocycles. The van der Waals surface area contributed by atoms with Crippen LogP contribution in [0.25, 0.3) is 0 Å². The molecule has 5 rings (SSSR count). The number of carbonyl (C=O) groups excluding carboxylic acids is 1. The third kappa shape index (κ3) is 17.7. The van der Waals surface area contributed by atoms with Crippen molar-refractivity contribution in [1.29, 1.82) is 0 Å². The van der Waals surface area contributed by atoms with Crippen molar-refractivity contribution in [2.45, 2.75) is 51.4 Å². The molecule has 0 aromatic heterocycles. The molecule has 1 heterocycles. The summed E-state index contributed by atoms with van der Waals surface area (Å²) < 4.78 is 30.7. The normalized spacial score (nSPS) is 11.6. The van der Waals surface area contributed by atoms with Crippen molar-refractivity contribution in [2.24, 2.45) is 0 Å². The Bertz CT molecular complexity index is 1650. The molecular formula is C43H56O15. The zero-order chi connectivity index (χ0) is 42.0. The predicted molar refractivity (Wildman–Crippen MR) is 213 cm³/mol. The molecule has 4 aromatic carbocycles. The Morgan fingerprint density at radius 3 is 1.02 bits per heavy atom. The zero-order valence-corrected chi connectivity index (χ0v) is 32.6. The number of rotatable bonds is 22. The molecule has 318 valence electrons. The van der Waals surface area contributed by atoms with Gasteiger partial charge in [-0.15, -0.1) is 0 Å². The molecule has 0 unspecified atom stereocenters. The number of phenols is 4. The highest BCUT2D eigenvalue weighted by atomic mass is 16.8. The highest BCUT2D eigenvalue weighted by Crippen LogP contribution is 2.31. The van der Waals surface area contributed by atoms with E-state index in [9.17, 15) is 25.2 Å². The number of unbranched alkanes of at least 4 members (excludes halogenated alkanes) is 2. The molecule has 0 aliphatic carbocycles. The average Bonchev–Trinajstić information content (AvgIpc) is 3.72. The molecule has 0 radical (unpaired) electrons. The van der Waals surface area contributed by atoms with Gasteiger partial charge in [-0.05, 0) is 122 Å². The van der Waals surface area contributed by atoms with E-state index >= 15 is 0 Å². The van der Waals surface area contributed by atoms with Gasteiger partial charge in [0.15, 0.2) is 46.0 Å². The number of phenolic OH excluding ortho intramolecular Hbond substituents is 4. The third-order valence-corrected chi connectivity index (χ3v) is 8.38. The highest BCUT2D eigenvalue weighted by Gasteiger charge is 2.11. The second-order valence-corrected chi connectivity index (χ2v) is 12.9. The number of benzene rings is 4. The zero-order valence-electron chi connectivity index (χ0n) is 32.6. The molecule has 0 atom stereocenters. The maximum absolute atomic E-state index is 9.80. The Hall–Kier alpha value is -5.61. The van der Waals surface area contributed by atoms with Gasteiger partial charge in [-0.3, -0.25) is 0 Å². The van der Waals surface area contributed by atoms with Crippen molar-refractivity contribution in [3.8, 4) is 46.0 Å². The van der Waals surface area contributed by atoms with Gasteiger partial charge >= 0.3 is 6.16 Å². The summed E-state index contributed by atoms with van der Waals surface area (Å²) in [5.74, 6) is 1.84. The van der Waals surface area contributed by atoms with Crippen LogP contribution in [0.15, 0.2) is 72.8 Å². The molecule has 0 bridgehead atoms. The van der Waals surface area contributed by atoms with Gasteiger partial charge in [-0.2, -0.15) is 0 Å². The van der Waals surface area contributed by atoms with Gasteiger partial charge in [0.05, 0.1) is 26.4 Å². The highest BCUT2D eigenvalue weighted by molar-refractivity contribution is 5.61. The van der Waals surface area contributed by atoms with Crippen LogP contribution in [-0.4, -0.2) is 113 Å². The number of carbonyl (C=O) groups is 1. The molecule has 0 spiro atoms. The van der Waals surface area contributed by atoms with Crippen molar-refractivity contribution < 1.29 is 74.1 Å². The molecule has 15 nitrogen and oxygen atoms in total. The fourth-order valence-electron chi connectivity index (χ4n) is 5.56. The van der Waals surface area contributed by atoms with Gasteiger partial charge in [0.1, 0.15) is 39.6 Å². The van der Waals surface area contributed by atoms with Crippen molar-refractivity contribution in [3.05, 3.63) is 95.1 Å². The molecule has 1 fully saturated rings. The van der Waals surface area contributed by atoms with E-state index < -0.39 is 6.16 Å². The minimum Gasteiger partial charge on any atom is -0.504 e. The van der Waals surface area contributed by atoms with E-state index in [2.05, 4.69) is 9.47 Å². The summed E-state index contributed by atoms with van der Waals surface area (Å²) in [5.41, 5.74) is 4.17. The average molecular weight is 813 g/mol. The standard InChI is InChI=1S/C24H34O8.C16H18O4.C3H4O3/c25-9-13-29-21-7-5-19(17-23(21)31-15-11-27)3-1-2-4-20-6-8-22(30-14-10-26)24(18-20)32-16-12-28;17-13-7-5-11(9-15(13)19)3-1-2-4-12-6-8-14(18)16(20)10-12;4-3-5-1-2-6-3/h5-8,17-18,25-28H,1-4,9-16H2;5-10,17-20H,1-4H2;1-2H2. The van der Waals surface area contributed by atoms with E-state index in [1.807, 2.05) is 36.4 Å². The second kappa shape index (κ2) is 27.1. The van der Waals surface area contributed by atoms with Gasteiger partial charge < -0.3 is 69.3 Å². The lowest BCUT2D eigenvalue weighted by molar-refractivity contribution is 0.131. The van der Waals surface area contributed by atoms with Gasteiger partial charge in [0.2, 0.25) is 0 Å². The number of cyclic esters (lactones) is 2. The Morgan fingerprint density at radius 1 is 0.414 bits per heavy atom. The van der Waals surface area contributed by atoms with Crippen LogP contribution in [0.3, 0.4) is 0 Å². The van der Waals surface area contributed by atoms with E-state index in [4.69, 9.17) is 39.4 Å². The SMILES string of the molecule is O=C1OCCO1.OCCOc1ccc(CCCCc2ccc(OCCO)c(OCCO)c2)cc1OCCO.Oc1ccc(CCCCc2ccc(O)c(O)c2)cc1O. The van der Waals surface area contributed by atoms with Crippen molar-refractivity contribution in [2.75, 3.05) is 66.1 Å². The number of hydrogen-bond donors (Lipinski definition) is 8. The predicted octanol–water partition coefficient (Wildman–Crippen LogP) is 4.96. The second-order valence-electron chi connectivity index (χ2n) is 12.9. The fraction of sp³-hybridized carbons (Fsp3) is 0.419. The van der Waals surface area contributed by atoms with E-state index in [0.29, 0.717) is 36.2 Å². The van der Waals surface area contributed by atoms with Crippen molar-refractivity contribution >= 4 is 6.16 Å². The molecule has 8 N–H and O–H groups in total. The topological polar surface area (TPSA) is 234 Å². The molecule has 0 amide bonds. The Balaban J connectivity index is 0.000000291. The van der Waals surface area contributed by atoms with Crippen molar-refractivity contribution in [1.82, 2.24) is 0 Å². The molecule has 15 heteroatoms. The Morgan fingerprint density at radius 2 is 0.724 bits per heavy atom. The monoisotopic (exact) mass is 812 g/mol. The fourth-order valence-corrected chi connectivity index (χ4v) is 5.56. The third-order valence-electron chi connectivity index (χ3n) is 8.38. The van der Waals surface area contributed by atoms with Gasteiger partial charge in [-0.1, -0.05) is 24.3 Å². The summed E-state index contributed by atoms with van der Waals surface area (Å²) in [6.07, 6.45) is 6.61. The van der Waals surface area contributed by atoms with Crippen LogP contribution in [0, 0.1) is 0 Å². The summed E-state index contributed by atoms with van der Waals surface area (Å²) in [4.78, 5) is 9.80. The number of hydrogen-bond acceptors (Lipinski definition) is 15. The molecule has 0 saturated carbocycles. The number of ether oxygens (including phenoxy) is 6. The maximum atomic E-state index is 9.80. The number of aryl methyl sites for hydroxylation is 4. The first-order valence-electron chi connectivity index (χ1n) is 19.2. The molecular weight excluding hydrogens is 756 g/mol. The quantitative estimate of drug-likeness (QED) is 0.0298. The lowest BCUT2D eigenvalue weighted by Gasteiger charge is -2.14. The molecule has 1 aliphatic heterocycles. The summed E-state index contributed by atoms with van der Waals surface area (Å²) in [6.45, 7) is 1.22. The molecule has 4 aromatic rings. The maximum Gasteiger partial charge on any atom is 0.508 e. The largest absolute Gasteiger partial charge is 0.508 e. The first kappa shape index (κ1) is 46.8. The van der Waals surface area contributed by atoms with Gasteiger partial charge in [-0.25, -0.2) is 4.79 Å². The Kier molecular flexibility index (Phi) is 21.9. The minimum absolute atomic E-state index is 0.0809. The number of aliphatic hydroxyl groups excluding tert-OH is 4. The summed E-state index contributed by atoms with van der Waals surface area (Å²) in [7, 11) is 0. The number of aromatic hydroxyl groups is 4. The summed E-state index contributed by atoms with van der Waals surface area (Å²) >= 11 is 0. The van der Waals surface area contributed by atoms with E-state index in [0.717, 1.165) is 73.6 Å². The smallest absolute Gasteiger partial charge is 0.504 e. The first-order valence-corrected chi connectivity index (χ1v) is 19.2. The van der Waals surface area contributed by atoms with Crippen LogP contribution in [-0.2, 0) is 35.2 Å². The number of aliphatic hydroxyl groups is 4. The van der Waals surface area contributed by atoms with Crippen LogP contribution >= 0.6 is 0 Å². The van der Waals surface area contributed by atoms with Crippen LogP contribution < -0.4 is 18.9 Å². The van der Waals surface area contributed by atoms with E-state index in [1.165, 1.54) is 12.1 Å². The summed E-state index contributed by atoms with van der Waals surface area (Å²) in [5, 5.41) is 73.2. The lowest BCUT2D eigenvalue weighted by atomic mass is 10.0. The van der Waals surface area contributed by atoms with Crippen LogP contribution in [0.5, 0.6) is 46.0 Å². The molecule has 58 heavy (non-hydrogen) atoms. The van der Waals surface area contributed by atoms with Crippen LogP contribution in [0.2, 0.25) is 0 Å². The first-order chi connectivity index (χ1) is 28.2. The Labute approximate surface area is 338 Å².